The number of hydrogen-bond donors (Lipinski definition) is 1. The van der Waals surface area contributed by atoms with Gasteiger partial charge in [-0.25, -0.2) is 4.79 Å². The summed E-state index contributed by atoms with van der Waals surface area (Å²) in [7, 11) is 0. The molecule has 0 aliphatic carbocycles. The first-order valence-corrected chi connectivity index (χ1v) is 8.15. The fourth-order valence-electron chi connectivity index (χ4n) is 2.71. The monoisotopic (exact) mass is 351 g/mol. The Balaban J connectivity index is 1.94. The van der Waals surface area contributed by atoms with Crippen LogP contribution in [0.4, 0.5) is 5.69 Å². The summed E-state index contributed by atoms with van der Waals surface area (Å²) in [5.74, 6) is -0.832. The Bertz CT molecular complexity index is 653. The normalized spacial score (nSPS) is 14.2. The molecule has 5 heteroatoms. The zero-order valence-corrected chi connectivity index (χ0v) is 13.2. The minimum Gasteiger partial charge on any atom is -0.478 e. The Kier molecular flexibility index (Phi) is 3.81. The van der Waals surface area contributed by atoms with Gasteiger partial charge in [-0.2, -0.15) is 0 Å². The van der Waals surface area contributed by atoms with E-state index in [1.165, 1.54) is 5.56 Å². The topological polar surface area (TPSA) is 40.5 Å². The fraction of sp³-hybridized carbons (Fsp3) is 0.267. The molecule has 0 spiro atoms. The average Bonchev–Trinajstić information content (AvgIpc) is 2.84. The summed E-state index contributed by atoms with van der Waals surface area (Å²) in [6.07, 6.45) is 1.85. The van der Waals surface area contributed by atoms with Gasteiger partial charge in [0.2, 0.25) is 0 Å². The molecule has 0 atom stereocenters. The van der Waals surface area contributed by atoms with E-state index in [1.54, 1.807) is 17.4 Å². The third-order valence-corrected chi connectivity index (χ3v) is 5.13. The quantitative estimate of drug-likeness (QED) is 0.902. The molecule has 1 aliphatic rings. The lowest BCUT2D eigenvalue weighted by atomic mass is 9.96. The summed E-state index contributed by atoms with van der Waals surface area (Å²) in [4.78, 5) is 13.6. The summed E-state index contributed by atoms with van der Waals surface area (Å²) in [6.45, 7) is 1.81. The lowest BCUT2D eigenvalue weighted by Gasteiger charge is -2.31. The lowest BCUT2D eigenvalue weighted by Crippen LogP contribution is -2.29. The van der Waals surface area contributed by atoms with Gasteiger partial charge in [0.15, 0.2) is 0 Å². The molecule has 0 saturated heterocycles. The van der Waals surface area contributed by atoms with Crippen molar-refractivity contribution in [1.29, 1.82) is 0 Å². The summed E-state index contributed by atoms with van der Waals surface area (Å²) in [5, 5.41) is 11.4. The number of carboxylic acids is 1. The number of halogens is 1. The summed E-state index contributed by atoms with van der Waals surface area (Å²) >= 11 is 5.16. The highest BCUT2D eigenvalue weighted by Crippen LogP contribution is 2.32. The van der Waals surface area contributed by atoms with Crippen LogP contribution in [0.5, 0.6) is 0 Å². The van der Waals surface area contributed by atoms with E-state index in [0.29, 0.717) is 5.56 Å². The first kappa shape index (κ1) is 13.6. The molecular weight excluding hydrogens is 338 g/mol. The zero-order chi connectivity index (χ0) is 14.1. The second-order valence-electron chi connectivity index (χ2n) is 4.89. The molecule has 0 radical (unpaired) electrons. The number of fused-ring (bicyclic) bond motifs is 1. The second-order valence-corrected chi connectivity index (χ2v) is 7.18. The molecule has 0 fully saturated rings. The van der Waals surface area contributed by atoms with Gasteiger partial charge in [-0.15, -0.1) is 11.3 Å². The molecule has 1 aromatic heterocycles. The van der Waals surface area contributed by atoms with Crippen molar-refractivity contribution in [3.05, 3.63) is 50.1 Å². The van der Waals surface area contributed by atoms with E-state index in [9.17, 15) is 9.90 Å². The third-order valence-electron chi connectivity index (χ3n) is 3.57. The predicted octanol–water partition coefficient (Wildman–Crippen LogP) is 4.16. The number of carboxylic acid groups (broad SMARTS) is 1. The summed E-state index contributed by atoms with van der Waals surface area (Å²) in [5.41, 5.74) is 3.74. The van der Waals surface area contributed by atoms with Gasteiger partial charge in [-0.1, -0.05) is 6.07 Å². The molecule has 1 aromatic carbocycles. The molecule has 0 bridgehead atoms. The zero-order valence-electron chi connectivity index (χ0n) is 10.8. The first-order chi connectivity index (χ1) is 9.65. The highest BCUT2D eigenvalue weighted by atomic mass is 79.9. The van der Waals surface area contributed by atoms with E-state index in [2.05, 4.69) is 32.3 Å². The molecule has 0 amide bonds. The molecule has 1 N–H and O–H groups in total. The Labute approximate surface area is 130 Å². The number of carbonyl (C=O) groups is 1. The number of nitrogens with zero attached hydrogens (tertiary/aromatic N) is 1. The Hall–Kier alpha value is -1.33. The van der Waals surface area contributed by atoms with Crippen LogP contribution in [-0.4, -0.2) is 17.6 Å². The van der Waals surface area contributed by atoms with Crippen molar-refractivity contribution in [1.82, 2.24) is 0 Å². The molecule has 2 aromatic rings. The molecule has 1 aliphatic heterocycles. The molecule has 104 valence electrons. The van der Waals surface area contributed by atoms with Crippen molar-refractivity contribution >= 4 is 38.9 Å². The molecule has 0 saturated carbocycles. The van der Waals surface area contributed by atoms with Gasteiger partial charge in [-0.3, -0.25) is 0 Å². The molecule has 20 heavy (non-hydrogen) atoms. The molecule has 0 unspecified atom stereocenters. The van der Waals surface area contributed by atoms with E-state index in [1.807, 2.05) is 12.1 Å². The van der Waals surface area contributed by atoms with E-state index in [4.69, 9.17) is 0 Å². The highest BCUT2D eigenvalue weighted by Gasteiger charge is 2.22. The molecule has 3 rings (SSSR count). The SMILES string of the molecule is O=C(O)c1cccc2c1CCCN2Cc1csc(Br)c1. The maximum Gasteiger partial charge on any atom is 0.336 e. The fourth-order valence-corrected chi connectivity index (χ4v) is 3.91. The number of thiophene rings is 1. The largest absolute Gasteiger partial charge is 0.478 e. The van der Waals surface area contributed by atoms with Crippen molar-refractivity contribution in [3.8, 4) is 0 Å². The third kappa shape index (κ3) is 2.60. The van der Waals surface area contributed by atoms with Crippen molar-refractivity contribution in [2.24, 2.45) is 0 Å². The van der Waals surface area contributed by atoms with Gasteiger partial charge in [0, 0.05) is 18.8 Å². The number of aromatic carboxylic acids is 1. The summed E-state index contributed by atoms with van der Waals surface area (Å²) in [6, 6.07) is 7.69. The van der Waals surface area contributed by atoms with Crippen LogP contribution in [0.1, 0.15) is 27.9 Å². The van der Waals surface area contributed by atoms with Crippen LogP contribution in [0.2, 0.25) is 0 Å². The Morgan fingerprint density at radius 3 is 3.00 bits per heavy atom. The van der Waals surface area contributed by atoms with Gasteiger partial charge in [0.1, 0.15) is 0 Å². The first-order valence-electron chi connectivity index (χ1n) is 6.48. The van der Waals surface area contributed by atoms with Crippen LogP contribution >= 0.6 is 27.3 Å². The molecule has 2 heterocycles. The predicted molar refractivity (Wildman–Crippen MR) is 84.8 cm³/mol. The van der Waals surface area contributed by atoms with E-state index in [0.717, 1.165) is 41.0 Å². The van der Waals surface area contributed by atoms with Gasteiger partial charge >= 0.3 is 5.97 Å². The number of hydrogen-bond acceptors (Lipinski definition) is 3. The lowest BCUT2D eigenvalue weighted by molar-refractivity contribution is 0.0695. The van der Waals surface area contributed by atoms with Crippen LogP contribution in [0.3, 0.4) is 0 Å². The van der Waals surface area contributed by atoms with Crippen LogP contribution in [0.25, 0.3) is 0 Å². The van der Waals surface area contributed by atoms with Crippen molar-refractivity contribution in [2.75, 3.05) is 11.4 Å². The Morgan fingerprint density at radius 1 is 1.45 bits per heavy atom. The van der Waals surface area contributed by atoms with Gasteiger partial charge in [0.25, 0.3) is 0 Å². The van der Waals surface area contributed by atoms with Crippen molar-refractivity contribution in [2.45, 2.75) is 19.4 Å². The van der Waals surface area contributed by atoms with Gasteiger partial charge < -0.3 is 10.0 Å². The number of rotatable bonds is 3. The van der Waals surface area contributed by atoms with Crippen LogP contribution in [-0.2, 0) is 13.0 Å². The van der Waals surface area contributed by atoms with Crippen LogP contribution < -0.4 is 4.90 Å². The van der Waals surface area contributed by atoms with Crippen molar-refractivity contribution < 1.29 is 9.90 Å². The van der Waals surface area contributed by atoms with Crippen LogP contribution in [0, 0.1) is 0 Å². The van der Waals surface area contributed by atoms with E-state index < -0.39 is 5.97 Å². The Morgan fingerprint density at radius 2 is 2.30 bits per heavy atom. The minimum atomic E-state index is -0.832. The number of anilines is 1. The van der Waals surface area contributed by atoms with Gasteiger partial charge in [0.05, 0.1) is 9.35 Å². The average molecular weight is 352 g/mol. The van der Waals surface area contributed by atoms with E-state index >= 15 is 0 Å². The van der Waals surface area contributed by atoms with E-state index in [-0.39, 0.29) is 0 Å². The standard InChI is InChI=1S/C15H14BrNO2S/c16-14-7-10(9-20-14)8-17-6-2-4-11-12(15(18)19)3-1-5-13(11)17/h1,3,5,7,9H,2,4,6,8H2,(H,18,19). The minimum absolute atomic E-state index is 0.443. The molecule has 3 nitrogen and oxygen atoms in total. The van der Waals surface area contributed by atoms with Gasteiger partial charge in [-0.05, 0) is 63.5 Å². The van der Waals surface area contributed by atoms with Crippen molar-refractivity contribution in [3.63, 3.8) is 0 Å². The highest BCUT2D eigenvalue weighted by molar-refractivity contribution is 9.11. The van der Waals surface area contributed by atoms with Crippen LogP contribution in [0.15, 0.2) is 33.4 Å². The second kappa shape index (κ2) is 5.58. The maximum atomic E-state index is 11.3. The maximum absolute atomic E-state index is 11.3. The smallest absolute Gasteiger partial charge is 0.336 e. The summed E-state index contributed by atoms with van der Waals surface area (Å²) < 4.78 is 1.13. The number of benzene rings is 1. The molecular formula is C15H14BrNO2S.